The van der Waals surface area contributed by atoms with Crippen molar-refractivity contribution in [2.75, 3.05) is 6.61 Å². The molecule has 32 heavy (non-hydrogen) atoms. The zero-order valence-electron chi connectivity index (χ0n) is 17.8. The number of benzene rings is 3. The van der Waals surface area contributed by atoms with Crippen LogP contribution in [-0.4, -0.2) is 24.6 Å². The van der Waals surface area contributed by atoms with E-state index in [9.17, 15) is 4.79 Å². The molecule has 162 valence electrons. The van der Waals surface area contributed by atoms with Gasteiger partial charge in [0.2, 0.25) is 0 Å². The van der Waals surface area contributed by atoms with E-state index in [4.69, 9.17) is 14.2 Å². The summed E-state index contributed by atoms with van der Waals surface area (Å²) in [5.74, 6) is -0.104. The smallest absolute Gasteiger partial charge is 0.198 e. The van der Waals surface area contributed by atoms with Crippen molar-refractivity contribution in [1.82, 2.24) is 0 Å². The molecule has 0 unspecified atom stereocenters. The van der Waals surface area contributed by atoms with Crippen molar-refractivity contribution in [1.29, 1.82) is 0 Å². The highest BCUT2D eigenvalue weighted by Gasteiger charge is 2.35. The average Bonchev–Trinajstić information content (AvgIpc) is 2.85. The van der Waals surface area contributed by atoms with Crippen molar-refractivity contribution in [2.45, 2.75) is 25.4 Å². The monoisotopic (exact) mass is 426 g/mol. The SMILES string of the molecule is O=C1C(/C=C/c2ccccc2)=CO[C@H](COCc2ccccc2)[C@@H]1OCc1ccccc1. The molecule has 1 aliphatic heterocycles. The topological polar surface area (TPSA) is 44.8 Å². The third-order valence-electron chi connectivity index (χ3n) is 5.17. The number of ketones is 1. The Morgan fingerprint density at radius 3 is 2.00 bits per heavy atom. The molecule has 0 aromatic heterocycles. The second-order valence-corrected chi connectivity index (χ2v) is 7.57. The van der Waals surface area contributed by atoms with Crippen LogP contribution in [0.15, 0.2) is 109 Å². The first-order chi connectivity index (χ1) is 15.8. The molecule has 0 radical (unpaired) electrons. The first-order valence-corrected chi connectivity index (χ1v) is 10.7. The molecule has 0 amide bonds. The van der Waals surface area contributed by atoms with Crippen molar-refractivity contribution in [3.8, 4) is 0 Å². The molecule has 4 rings (SSSR count). The van der Waals surface area contributed by atoms with E-state index in [1.54, 1.807) is 6.08 Å². The van der Waals surface area contributed by atoms with Gasteiger partial charge in [-0.15, -0.1) is 0 Å². The van der Waals surface area contributed by atoms with Crippen molar-refractivity contribution >= 4 is 11.9 Å². The Hall–Kier alpha value is -3.47. The summed E-state index contributed by atoms with van der Waals surface area (Å²) in [6.45, 7) is 1.03. The minimum Gasteiger partial charge on any atom is -0.492 e. The predicted octanol–water partition coefficient (Wildman–Crippen LogP) is 5.35. The van der Waals surface area contributed by atoms with E-state index in [0.29, 0.717) is 18.8 Å². The molecule has 0 fully saturated rings. The molecule has 0 spiro atoms. The van der Waals surface area contributed by atoms with Crippen molar-refractivity contribution in [3.05, 3.63) is 126 Å². The third-order valence-corrected chi connectivity index (χ3v) is 5.17. The van der Waals surface area contributed by atoms with Gasteiger partial charge in [-0.1, -0.05) is 97.1 Å². The number of rotatable bonds is 9. The van der Waals surface area contributed by atoms with Gasteiger partial charge in [-0.3, -0.25) is 4.79 Å². The molecule has 4 heteroatoms. The summed E-state index contributed by atoms with van der Waals surface area (Å²) in [6, 6.07) is 29.5. The van der Waals surface area contributed by atoms with Gasteiger partial charge in [-0.05, 0) is 22.8 Å². The number of hydrogen-bond donors (Lipinski definition) is 0. The van der Waals surface area contributed by atoms with Crippen molar-refractivity contribution in [3.63, 3.8) is 0 Å². The van der Waals surface area contributed by atoms with E-state index in [-0.39, 0.29) is 12.4 Å². The van der Waals surface area contributed by atoms with Crippen LogP contribution in [0.4, 0.5) is 0 Å². The Bertz CT molecular complexity index is 1040. The quantitative estimate of drug-likeness (QED) is 0.462. The van der Waals surface area contributed by atoms with Gasteiger partial charge >= 0.3 is 0 Å². The molecule has 3 aromatic carbocycles. The Morgan fingerprint density at radius 2 is 1.34 bits per heavy atom. The van der Waals surface area contributed by atoms with Gasteiger partial charge < -0.3 is 14.2 Å². The van der Waals surface area contributed by atoms with Gasteiger partial charge in [-0.25, -0.2) is 0 Å². The number of carbonyl (C=O) groups is 1. The zero-order chi connectivity index (χ0) is 22.0. The number of carbonyl (C=O) groups excluding carboxylic acids is 1. The highest BCUT2D eigenvalue weighted by Crippen LogP contribution is 2.22. The Morgan fingerprint density at radius 1 is 0.750 bits per heavy atom. The minimum absolute atomic E-state index is 0.104. The summed E-state index contributed by atoms with van der Waals surface area (Å²) in [4.78, 5) is 13.2. The first-order valence-electron chi connectivity index (χ1n) is 10.7. The summed E-state index contributed by atoms with van der Waals surface area (Å²) in [5, 5.41) is 0. The van der Waals surface area contributed by atoms with E-state index in [0.717, 1.165) is 16.7 Å². The van der Waals surface area contributed by atoms with Crippen LogP contribution in [0.25, 0.3) is 6.08 Å². The van der Waals surface area contributed by atoms with Crippen molar-refractivity contribution < 1.29 is 19.0 Å². The van der Waals surface area contributed by atoms with E-state index in [2.05, 4.69) is 0 Å². The normalized spacial score (nSPS) is 18.4. The molecule has 0 aliphatic carbocycles. The highest BCUT2D eigenvalue weighted by atomic mass is 16.6. The van der Waals surface area contributed by atoms with E-state index < -0.39 is 12.2 Å². The summed E-state index contributed by atoms with van der Waals surface area (Å²) in [5.41, 5.74) is 3.56. The molecule has 0 saturated carbocycles. The fourth-order valence-electron chi connectivity index (χ4n) is 3.43. The minimum atomic E-state index is -0.744. The largest absolute Gasteiger partial charge is 0.492 e. The number of allylic oxidation sites excluding steroid dienone is 1. The summed E-state index contributed by atoms with van der Waals surface area (Å²) < 4.78 is 17.8. The number of ether oxygens (including phenoxy) is 3. The Labute approximate surface area is 188 Å². The van der Waals surface area contributed by atoms with Gasteiger partial charge in [0, 0.05) is 0 Å². The maximum atomic E-state index is 13.2. The van der Waals surface area contributed by atoms with E-state index in [1.165, 1.54) is 6.26 Å². The molecule has 3 aromatic rings. The standard InChI is InChI=1S/C28H26O4/c29-27-25(17-16-22-10-4-1-5-11-22)20-31-26(21-30-18-23-12-6-2-7-13-23)28(27)32-19-24-14-8-3-9-15-24/h1-17,20,26,28H,18-19,21H2/b17-16+/t26-,28+/m1/s1. The lowest BCUT2D eigenvalue weighted by Crippen LogP contribution is -2.43. The molecule has 0 saturated heterocycles. The fraction of sp³-hybridized carbons (Fsp3) is 0.179. The molecule has 0 bridgehead atoms. The molecule has 1 heterocycles. The lowest BCUT2D eigenvalue weighted by Gasteiger charge is -2.29. The molecule has 4 nitrogen and oxygen atoms in total. The Kier molecular flexibility index (Phi) is 7.64. The molecular formula is C28H26O4. The van der Waals surface area contributed by atoms with Crippen LogP contribution in [0.2, 0.25) is 0 Å². The van der Waals surface area contributed by atoms with Gasteiger partial charge in [-0.2, -0.15) is 0 Å². The van der Waals surface area contributed by atoms with Crippen LogP contribution >= 0.6 is 0 Å². The molecule has 0 N–H and O–H groups in total. The fourth-order valence-corrected chi connectivity index (χ4v) is 3.43. The molecular weight excluding hydrogens is 400 g/mol. The van der Waals surface area contributed by atoms with Gasteiger partial charge in [0.15, 0.2) is 18.0 Å². The third kappa shape index (κ3) is 6.03. The predicted molar refractivity (Wildman–Crippen MR) is 125 cm³/mol. The van der Waals surface area contributed by atoms with Crippen LogP contribution < -0.4 is 0 Å². The molecule has 1 aliphatic rings. The van der Waals surface area contributed by atoms with E-state index in [1.807, 2.05) is 97.1 Å². The second-order valence-electron chi connectivity index (χ2n) is 7.57. The number of hydrogen-bond acceptors (Lipinski definition) is 4. The van der Waals surface area contributed by atoms with Crippen LogP contribution in [0.5, 0.6) is 0 Å². The summed E-state index contributed by atoms with van der Waals surface area (Å²) in [6.07, 6.45) is 3.93. The first kappa shape index (κ1) is 21.8. The maximum Gasteiger partial charge on any atom is 0.198 e. The second kappa shape index (κ2) is 11.2. The van der Waals surface area contributed by atoms with Gasteiger partial charge in [0.05, 0.1) is 31.7 Å². The van der Waals surface area contributed by atoms with Crippen LogP contribution in [-0.2, 0) is 32.2 Å². The van der Waals surface area contributed by atoms with Gasteiger partial charge in [0.25, 0.3) is 0 Å². The summed E-state index contributed by atoms with van der Waals surface area (Å²) in [7, 11) is 0. The number of Topliss-reactive ketones (excluding diaryl/α,β-unsaturated/α-hetero) is 1. The average molecular weight is 427 g/mol. The highest BCUT2D eigenvalue weighted by molar-refractivity contribution is 6.02. The van der Waals surface area contributed by atoms with Gasteiger partial charge in [0.1, 0.15) is 0 Å². The van der Waals surface area contributed by atoms with E-state index >= 15 is 0 Å². The lowest BCUT2D eigenvalue weighted by atomic mass is 9.99. The summed E-state index contributed by atoms with van der Waals surface area (Å²) >= 11 is 0. The molecule has 2 atom stereocenters. The lowest BCUT2D eigenvalue weighted by molar-refractivity contribution is -0.144. The zero-order valence-corrected chi connectivity index (χ0v) is 17.8. The van der Waals surface area contributed by atoms with Crippen LogP contribution in [0, 0.1) is 0 Å². The van der Waals surface area contributed by atoms with Crippen LogP contribution in [0.1, 0.15) is 16.7 Å². The Balaban J connectivity index is 1.44. The van der Waals surface area contributed by atoms with Crippen LogP contribution in [0.3, 0.4) is 0 Å². The van der Waals surface area contributed by atoms with Crippen molar-refractivity contribution in [2.24, 2.45) is 0 Å². The maximum absolute atomic E-state index is 13.2.